The summed E-state index contributed by atoms with van der Waals surface area (Å²) < 4.78 is 13.3. The Labute approximate surface area is 207 Å². The number of hydrogen-bond donors (Lipinski definition) is 2. The summed E-state index contributed by atoms with van der Waals surface area (Å²) >= 11 is 0. The summed E-state index contributed by atoms with van der Waals surface area (Å²) in [5.74, 6) is 0.208. The molecule has 0 aromatic heterocycles. The predicted octanol–water partition coefficient (Wildman–Crippen LogP) is 4.96. The molecule has 2 aromatic carbocycles. The Bertz CT molecular complexity index is 1030. The number of rotatable bonds is 9. The zero-order valence-corrected chi connectivity index (χ0v) is 21.2. The predicted molar refractivity (Wildman–Crippen MR) is 137 cm³/mol. The van der Waals surface area contributed by atoms with E-state index in [-0.39, 0.29) is 30.1 Å². The maximum absolute atomic E-state index is 13.3. The minimum Gasteiger partial charge on any atom is -0.387 e. The lowest BCUT2D eigenvalue weighted by atomic mass is 9.84. The molecule has 0 radical (unpaired) electrons. The summed E-state index contributed by atoms with van der Waals surface area (Å²) in [4.78, 5) is 27.9. The van der Waals surface area contributed by atoms with E-state index in [0.717, 1.165) is 24.9 Å². The van der Waals surface area contributed by atoms with Crippen molar-refractivity contribution in [3.05, 3.63) is 65.5 Å². The van der Waals surface area contributed by atoms with Gasteiger partial charge in [-0.25, -0.2) is 9.18 Å². The van der Waals surface area contributed by atoms with Gasteiger partial charge >= 0.3 is 6.03 Å². The van der Waals surface area contributed by atoms with Crippen LogP contribution in [0.2, 0.25) is 0 Å². The van der Waals surface area contributed by atoms with Gasteiger partial charge in [0, 0.05) is 23.8 Å². The zero-order valence-electron chi connectivity index (χ0n) is 21.2. The molecular formula is C28H38FN3O3. The van der Waals surface area contributed by atoms with Crippen LogP contribution in [-0.2, 0) is 0 Å². The summed E-state index contributed by atoms with van der Waals surface area (Å²) in [6.07, 6.45) is 2.31. The fourth-order valence-electron chi connectivity index (χ4n) is 5.29. The van der Waals surface area contributed by atoms with Crippen LogP contribution in [0.1, 0.15) is 68.8 Å². The fourth-order valence-corrected chi connectivity index (χ4v) is 5.29. The van der Waals surface area contributed by atoms with Crippen LogP contribution in [0.5, 0.6) is 0 Å². The number of primary amides is 1. The van der Waals surface area contributed by atoms with Gasteiger partial charge < -0.3 is 10.8 Å². The molecule has 35 heavy (non-hydrogen) atoms. The Balaban J connectivity index is 1.78. The molecule has 2 amide bonds. The molecule has 0 spiro atoms. The van der Waals surface area contributed by atoms with E-state index in [1.165, 1.54) is 24.0 Å². The second-order valence-electron chi connectivity index (χ2n) is 10.4. The van der Waals surface area contributed by atoms with E-state index in [0.29, 0.717) is 30.1 Å². The Kier molecular flexibility index (Phi) is 8.67. The number of piperidine rings is 1. The smallest absolute Gasteiger partial charge is 0.319 e. The average Bonchev–Trinajstić information content (AvgIpc) is 2.79. The molecule has 0 saturated carbocycles. The summed E-state index contributed by atoms with van der Waals surface area (Å²) in [7, 11) is 0. The van der Waals surface area contributed by atoms with Crippen molar-refractivity contribution >= 4 is 17.5 Å². The topological polar surface area (TPSA) is 86.9 Å². The van der Waals surface area contributed by atoms with Crippen LogP contribution in [0.15, 0.2) is 48.5 Å². The fraction of sp³-hybridized carbons (Fsp3) is 0.500. The van der Waals surface area contributed by atoms with Gasteiger partial charge in [-0.2, -0.15) is 0 Å². The minimum atomic E-state index is -1.19. The van der Waals surface area contributed by atoms with Crippen LogP contribution in [0.3, 0.4) is 0 Å². The van der Waals surface area contributed by atoms with E-state index in [4.69, 9.17) is 5.73 Å². The highest BCUT2D eigenvalue weighted by molar-refractivity contribution is 5.97. The molecule has 1 fully saturated rings. The zero-order chi connectivity index (χ0) is 25.8. The lowest BCUT2D eigenvalue weighted by Crippen LogP contribution is -2.56. The summed E-state index contributed by atoms with van der Waals surface area (Å²) in [5, 5.41) is 11.8. The molecule has 1 heterocycles. The summed E-state index contributed by atoms with van der Waals surface area (Å²) in [6, 6.07) is 13.0. The van der Waals surface area contributed by atoms with E-state index < -0.39 is 11.6 Å². The summed E-state index contributed by atoms with van der Waals surface area (Å²) in [5.41, 5.74) is 6.67. The number of Topliss-reactive ketones (excluding diaryl/α,β-unsaturated/α-hetero) is 1. The second kappa shape index (κ2) is 11.3. The number of aliphatic hydroxyl groups is 1. The van der Waals surface area contributed by atoms with Crippen LogP contribution in [0.4, 0.5) is 14.9 Å². The maximum atomic E-state index is 13.3. The third-order valence-corrected chi connectivity index (χ3v) is 6.92. The van der Waals surface area contributed by atoms with Crippen molar-refractivity contribution in [1.82, 2.24) is 4.90 Å². The normalized spacial score (nSPS) is 20.4. The number of benzene rings is 2. The Hall–Kier alpha value is -2.77. The quantitative estimate of drug-likeness (QED) is 0.494. The van der Waals surface area contributed by atoms with Crippen LogP contribution in [0, 0.1) is 11.7 Å². The highest BCUT2D eigenvalue weighted by atomic mass is 19.1. The molecule has 0 bridgehead atoms. The molecule has 0 aliphatic carbocycles. The van der Waals surface area contributed by atoms with E-state index in [1.54, 1.807) is 24.3 Å². The van der Waals surface area contributed by atoms with Gasteiger partial charge in [-0.1, -0.05) is 38.1 Å². The maximum Gasteiger partial charge on any atom is 0.319 e. The van der Waals surface area contributed by atoms with Gasteiger partial charge in [-0.15, -0.1) is 0 Å². The number of β-amino-alcohol motifs (C(OH)–C–C–N with tert-alkyl or cyclic N) is 1. The van der Waals surface area contributed by atoms with Crippen molar-refractivity contribution < 1.29 is 19.1 Å². The van der Waals surface area contributed by atoms with Gasteiger partial charge in [-0.05, 0) is 81.3 Å². The van der Waals surface area contributed by atoms with Crippen LogP contribution in [-0.4, -0.2) is 53.1 Å². The molecule has 6 nitrogen and oxygen atoms in total. The van der Waals surface area contributed by atoms with Crippen molar-refractivity contribution in [2.75, 3.05) is 24.5 Å². The molecular weight excluding hydrogens is 445 g/mol. The minimum absolute atomic E-state index is 0.0342. The Morgan fingerprint density at radius 3 is 2.49 bits per heavy atom. The van der Waals surface area contributed by atoms with Gasteiger partial charge in [0.1, 0.15) is 5.82 Å². The standard InChI is InChI=1S/C28H38FN3O3/c1-19(2)16-28(35,18-32(27(30)34)26-7-5-6-23(15-26)21(4)33)17-31-13-12-24(14-20(31)3)22-8-10-25(29)11-9-22/h5-11,15,19-20,24,35H,12-14,16-18H2,1-4H3,(H2,30,34). The van der Waals surface area contributed by atoms with E-state index in [2.05, 4.69) is 11.8 Å². The highest BCUT2D eigenvalue weighted by Crippen LogP contribution is 2.33. The first-order valence-corrected chi connectivity index (χ1v) is 12.4. The van der Waals surface area contributed by atoms with E-state index in [9.17, 15) is 19.1 Å². The Morgan fingerprint density at radius 1 is 1.23 bits per heavy atom. The van der Waals surface area contributed by atoms with Crippen molar-refractivity contribution in [2.24, 2.45) is 11.7 Å². The molecule has 3 unspecified atom stereocenters. The third-order valence-electron chi connectivity index (χ3n) is 6.92. The number of likely N-dealkylation sites (tertiary alicyclic amines) is 1. The number of ketones is 1. The second-order valence-corrected chi connectivity index (χ2v) is 10.4. The molecule has 1 aliphatic rings. The first-order chi connectivity index (χ1) is 16.5. The number of urea groups is 1. The van der Waals surface area contributed by atoms with Crippen LogP contribution in [0.25, 0.3) is 0 Å². The lowest BCUT2D eigenvalue weighted by Gasteiger charge is -2.44. The van der Waals surface area contributed by atoms with Gasteiger partial charge in [0.2, 0.25) is 0 Å². The van der Waals surface area contributed by atoms with Crippen LogP contribution < -0.4 is 10.6 Å². The van der Waals surface area contributed by atoms with Crippen LogP contribution >= 0.6 is 0 Å². The number of carbonyl (C=O) groups excluding carboxylic acids is 2. The van der Waals surface area contributed by atoms with Gasteiger partial charge in [0.25, 0.3) is 0 Å². The van der Waals surface area contributed by atoms with Gasteiger partial charge in [0.15, 0.2) is 5.78 Å². The number of nitrogens with two attached hydrogens (primary N) is 1. The first-order valence-electron chi connectivity index (χ1n) is 12.4. The SMILES string of the molecule is CC(=O)c1cccc(N(CC(O)(CC(C)C)CN2CCC(c3ccc(F)cc3)CC2C)C(N)=O)c1. The van der Waals surface area contributed by atoms with Crippen molar-refractivity contribution in [3.8, 4) is 0 Å². The lowest BCUT2D eigenvalue weighted by molar-refractivity contribution is -0.0240. The number of halogens is 1. The number of nitrogens with zero attached hydrogens (tertiary/aromatic N) is 2. The molecule has 3 rings (SSSR count). The molecule has 1 aliphatic heterocycles. The number of carbonyl (C=O) groups is 2. The van der Waals surface area contributed by atoms with Crippen molar-refractivity contribution in [1.29, 1.82) is 0 Å². The molecule has 190 valence electrons. The number of amides is 2. The monoisotopic (exact) mass is 483 g/mol. The van der Waals surface area contributed by atoms with Gasteiger partial charge in [-0.3, -0.25) is 14.6 Å². The number of anilines is 1. The molecule has 7 heteroatoms. The molecule has 1 saturated heterocycles. The van der Waals surface area contributed by atoms with Crippen molar-refractivity contribution in [3.63, 3.8) is 0 Å². The molecule has 3 N–H and O–H groups in total. The van der Waals surface area contributed by atoms with Crippen molar-refractivity contribution in [2.45, 2.75) is 64.5 Å². The first kappa shape index (κ1) is 26.8. The third kappa shape index (κ3) is 7.12. The van der Waals surface area contributed by atoms with Gasteiger partial charge in [0.05, 0.1) is 12.1 Å². The average molecular weight is 484 g/mol. The molecule has 3 atom stereocenters. The van der Waals surface area contributed by atoms with E-state index >= 15 is 0 Å². The molecule has 2 aromatic rings. The summed E-state index contributed by atoms with van der Waals surface area (Å²) in [6.45, 7) is 8.93. The van der Waals surface area contributed by atoms with E-state index in [1.807, 2.05) is 26.0 Å². The Morgan fingerprint density at radius 2 is 1.91 bits per heavy atom. The number of hydrogen-bond acceptors (Lipinski definition) is 4. The highest BCUT2D eigenvalue weighted by Gasteiger charge is 2.37. The largest absolute Gasteiger partial charge is 0.387 e.